The number of likely N-dealkylation sites (tertiary alicyclic amines) is 1. The number of benzene rings is 1. The number of thiazole rings is 1. The maximum Gasteiger partial charge on any atom is 0.227 e. The number of ether oxygens (including phenoxy) is 1. The van der Waals surface area contributed by atoms with Gasteiger partial charge in [-0.15, -0.1) is 11.3 Å². The SMILES string of the molecule is COc1ccccc1CC(=O)N1CCCC[C@@H]1c1ncn2ccsc12. The molecule has 0 aliphatic carbocycles. The zero-order valence-electron chi connectivity index (χ0n) is 14.2. The fraction of sp³-hybridized carbons (Fsp3) is 0.368. The molecular weight excluding hydrogens is 334 g/mol. The Balaban J connectivity index is 1.60. The van der Waals surface area contributed by atoms with E-state index in [0.29, 0.717) is 6.42 Å². The van der Waals surface area contributed by atoms with Gasteiger partial charge in [0, 0.05) is 23.7 Å². The Morgan fingerprint density at radius 1 is 1.36 bits per heavy atom. The van der Waals surface area contributed by atoms with Gasteiger partial charge in [-0.3, -0.25) is 9.20 Å². The van der Waals surface area contributed by atoms with Crippen LogP contribution in [0.25, 0.3) is 4.83 Å². The van der Waals surface area contributed by atoms with Gasteiger partial charge in [-0.05, 0) is 25.3 Å². The second kappa shape index (κ2) is 6.88. The summed E-state index contributed by atoms with van der Waals surface area (Å²) >= 11 is 1.68. The van der Waals surface area contributed by atoms with E-state index in [0.717, 1.165) is 47.6 Å². The molecule has 4 rings (SSSR count). The maximum absolute atomic E-state index is 13.1. The van der Waals surface area contributed by atoms with Gasteiger partial charge in [-0.2, -0.15) is 0 Å². The zero-order chi connectivity index (χ0) is 17.2. The first kappa shape index (κ1) is 16.1. The first-order chi connectivity index (χ1) is 12.3. The van der Waals surface area contributed by atoms with Crippen molar-refractivity contribution in [3.8, 4) is 5.75 Å². The Labute approximate surface area is 150 Å². The Kier molecular flexibility index (Phi) is 4.44. The van der Waals surface area contributed by atoms with Crippen LogP contribution in [0.5, 0.6) is 5.75 Å². The van der Waals surface area contributed by atoms with Gasteiger partial charge in [0.25, 0.3) is 0 Å². The highest BCUT2D eigenvalue weighted by molar-refractivity contribution is 7.15. The fourth-order valence-corrected chi connectivity index (χ4v) is 4.47. The molecule has 0 saturated carbocycles. The molecule has 130 valence electrons. The maximum atomic E-state index is 13.1. The van der Waals surface area contributed by atoms with Crippen LogP contribution in [0.1, 0.15) is 36.6 Å². The minimum Gasteiger partial charge on any atom is -0.496 e. The number of piperidine rings is 1. The molecule has 2 aromatic heterocycles. The van der Waals surface area contributed by atoms with Crippen LogP contribution in [0, 0.1) is 0 Å². The molecule has 1 aliphatic heterocycles. The number of hydrogen-bond acceptors (Lipinski definition) is 4. The fourth-order valence-electron chi connectivity index (χ4n) is 3.61. The molecule has 1 saturated heterocycles. The molecule has 0 spiro atoms. The van der Waals surface area contributed by atoms with Crippen molar-refractivity contribution < 1.29 is 9.53 Å². The molecule has 3 heterocycles. The summed E-state index contributed by atoms with van der Waals surface area (Å²) in [6.07, 6.45) is 7.38. The van der Waals surface area contributed by atoms with Crippen molar-refractivity contribution in [3.63, 3.8) is 0 Å². The Bertz CT molecular complexity index is 886. The van der Waals surface area contributed by atoms with Gasteiger partial charge in [0.15, 0.2) is 0 Å². The Hall–Kier alpha value is -2.34. The van der Waals surface area contributed by atoms with E-state index in [2.05, 4.69) is 10.4 Å². The molecule has 1 amide bonds. The Morgan fingerprint density at radius 2 is 2.24 bits per heavy atom. The van der Waals surface area contributed by atoms with Gasteiger partial charge < -0.3 is 9.64 Å². The van der Waals surface area contributed by atoms with Crippen molar-refractivity contribution in [2.75, 3.05) is 13.7 Å². The summed E-state index contributed by atoms with van der Waals surface area (Å²) in [5, 5.41) is 2.06. The quantitative estimate of drug-likeness (QED) is 0.717. The predicted octanol–water partition coefficient (Wildman–Crippen LogP) is 3.70. The van der Waals surface area contributed by atoms with Gasteiger partial charge in [-0.1, -0.05) is 18.2 Å². The Morgan fingerprint density at radius 3 is 3.12 bits per heavy atom. The van der Waals surface area contributed by atoms with Crippen molar-refractivity contribution in [2.24, 2.45) is 0 Å². The predicted molar refractivity (Wildman–Crippen MR) is 98.1 cm³/mol. The molecular formula is C19H21N3O2S. The highest BCUT2D eigenvalue weighted by atomic mass is 32.1. The van der Waals surface area contributed by atoms with Crippen LogP contribution in [-0.2, 0) is 11.2 Å². The van der Waals surface area contributed by atoms with Crippen LogP contribution in [0.4, 0.5) is 0 Å². The van der Waals surface area contributed by atoms with E-state index in [4.69, 9.17) is 4.74 Å². The second-order valence-electron chi connectivity index (χ2n) is 6.33. The van der Waals surface area contributed by atoms with Crippen LogP contribution in [-0.4, -0.2) is 33.8 Å². The summed E-state index contributed by atoms with van der Waals surface area (Å²) in [6.45, 7) is 0.795. The van der Waals surface area contributed by atoms with E-state index in [9.17, 15) is 4.79 Å². The number of rotatable bonds is 4. The summed E-state index contributed by atoms with van der Waals surface area (Å²) < 4.78 is 7.43. The van der Waals surface area contributed by atoms with Crippen LogP contribution in [0.3, 0.4) is 0 Å². The highest BCUT2D eigenvalue weighted by Gasteiger charge is 2.31. The van der Waals surface area contributed by atoms with Gasteiger partial charge in [-0.25, -0.2) is 4.98 Å². The van der Waals surface area contributed by atoms with E-state index in [1.54, 1.807) is 18.4 Å². The molecule has 0 radical (unpaired) electrons. The lowest BCUT2D eigenvalue weighted by Crippen LogP contribution is -2.39. The van der Waals surface area contributed by atoms with Crippen LogP contribution in [0.15, 0.2) is 42.2 Å². The molecule has 1 aromatic carbocycles. The number of aromatic nitrogens is 2. The van der Waals surface area contributed by atoms with Crippen molar-refractivity contribution in [2.45, 2.75) is 31.7 Å². The topological polar surface area (TPSA) is 46.8 Å². The lowest BCUT2D eigenvalue weighted by atomic mass is 9.98. The first-order valence-corrected chi connectivity index (χ1v) is 9.47. The number of para-hydroxylation sites is 1. The molecule has 0 bridgehead atoms. The summed E-state index contributed by atoms with van der Waals surface area (Å²) in [6, 6.07) is 7.81. The van der Waals surface area contributed by atoms with Gasteiger partial charge in [0.05, 0.1) is 25.3 Å². The van der Waals surface area contributed by atoms with Crippen molar-refractivity contribution in [1.29, 1.82) is 0 Å². The number of imidazole rings is 1. The van der Waals surface area contributed by atoms with Gasteiger partial charge in [0.1, 0.15) is 16.9 Å². The standard InChI is InChI=1S/C19H21N3O2S/c1-24-16-8-3-2-6-14(16)12-17(23)22-9-5-4-7-15(22)18-19-21(13-20-18)10-11-25-19/h2-3,6,8,10-11,13,15H,4-5,7,9,12H2,1H3/t15-/m1/s1. The average Bonchev–Trinajstić information content (AvgIpc) is 3.26. The van der Waals surface area contributed by atoms with E-state index in [1.165, 1.54) is 0 Å². The van der Waals surface area contributed by atoms with Crippen molar-refractivity contribution >= 4 is 22.1 Å². The minimum absolute atomic E-state index is 0.0691. The lowest BCUT2D eigenvalue weighted by Gasteiger charge is -2.35. The van der Waals surface area contributed by atoms with Gasteiger partial charge in [0.2, 0.25) is 5.91 Å². The summed E-state index contributed by atoms with van der Waals surface area (Å²) in [5.41, 5.74) is 1.97. The summed E-state index contributed by atoms with van der Waals surface area (Å²) in [5.74, 6) is 0.916. The second-order valence-corrected chi connectivity index (χ2v) is 7.23. The lowest BCUT2D eigenvalue weighted by molar-refractivity contribution is -0.134. The number of amides is 1. The molecule has 1 atom stereocenters. The van der Waals surface area contributed by atoms with Crippen molar-refractivity contribution in [1.82, 2.24) is 14.3 Å². The third-order valence-electron chi connectivity index (χ3n) is 4.85. The van der Waals surface area contributed by atoms with Gasteiger partial charge >= 0.3 is 0 Å². The third kappa shape index (κ3) is 3.02. The minimum atomic E-state index is 0.0691. The number of carbonyl (C=O) groups is 1. The number of carbonyl (C=O) groups excluding carboxylic acids is 1. The smallest absolute Gasteiger partial charge is 0.227 e. The normalized spacial score (nSPS) is 17.8. The van der Waals surface area contributed by atoms with Crippen LogP contribution < -0.4 is 4.74 Å². The molecule has 1 fully saturated rings. The van der Waals surface area contributed by atoms with E-state index < -0.39 is 0 Å². The molecule has 1 aliphatic rings. The number of hydrogen-bond donors (Lipinski definition) is 0. The average molecular weight is 355 g/mol. The largest absolute Gasteiger partial charge is 0.496 e. The van der Waals surface area contributed by atoms with Crippen LogP contribution >= 0.6 is 11.3 Å². The van der Waals surface area contributed by atoms with E-state index in [-0.39, 0.29) is 11.9 Å². The highest BCUT2D eigenvalue weighted by Crippen LogP contribution is 2.34. The monoisotopic (exact) mass is 355 g/mol. The van der Waals surface area contributed by atoms with E-state index >= 15 is 0 Å². The summed E-state index contributed by atoms with van der Waals surface area (Å²) in [4.78, 5) is 20.8. The molecule has 0 unspecified atom stereocenters. The van der Waals surface area contributed by atoms with Crippen molar-refractivity contribution in [3.05, 3.63) is 53.4 Å². The molecule has 25 heavy (non-hydrogen) atoms. The molecule has 3 aromatic rings. The molecule has 6 heteroatoms. The third-order valence-corrected chi connectivity index (χ3v) is 5.75. The molecule has 0 N–H and O–H groups in total. The zero-order valence-corrected chi connectivity index (χ0v) is 15.0. The van der Waals surface area contributed by atoms with Crippen LogP contribution in [0.2, 0.25) is 0 Å². The number of fused-ring (bicyclic) bond motifs is 1. The first-order valence-electron chi connectivity index (χ1n) is 8.59. The number of methoxy groups -OCH3 is 1. The number of nitrogens with zero attached hydrogens (tertiary/aromatic N) is 3. The van der Waals surface area contributed by atoms with E-state index in [1.807, 2.05) is 46.1 Å². The molecule has 5 nitrogen and oxygen atoms in total. The summed E-state index contributed by atoms with van der Waals surface area (Å²) in [7, 11) is 1.64.